The molecule has 0 radical (unpaired) electrons. The van der Waals surface area contributed by atoms with Gasteiger partial charge in [-0.2, -0.15) is 0 Å². The first-order valence-electron chi connectivity index (χ1n) is 35.0. The molecule has 0 aliphatic heterocycles. The lowest BCUT2D eigenvalue weighted by atomic mass is 9.81. The topological polar surface area (TPSA) is 13.1 Å². The fourth-order valence-corrected chi connectivity index (χ4v) is 8.27. The highest BCUT2D eigenvalue weighted by molar-refractivity contribution is 6.28. The van der Waals surface area contributed by atoms with Crippen LogP contribution in [-0.2, 0) is 0 Å². The van der Waals surface area contributed by atoms with Crippen LogP contribution in [0.15, 0.2) is 210 Å². The molecule has 0 aliphatic rings. The standard InChI is InChI=1S/C60H34O/c1-2-8-35(9-3-1)51-33-44(45-26-21-41-18-16-37-11-6-13-39-23-28-48(45)58(41)55(37)39)34-53(47-27-22-42-19-17-38-12-7-14-40-24-29-49(47)59(42)56(38)40)57(51)43-25-31-54-52(32-43)50-30-20-36-10-4-5-15-46(36)60(50)61-54/h1-34H/i1D,2D,3D,4D,5D,6D,7D,8D,9D,10D,11D,12D,13D,14D,15D,16D,17D,18D,19D,20D,21D,22D,23D,24D,25D,26D,27D,28D,29D,31D,32D,33D,34D. The number of fused-ring (bicyclic) bond motifs is 5. The number of furan rings is 1. The Morgan fingerprint density at radius 2 is 0.852 bits per heavy atom. The summed E-state index contributed by atoms with van der Waals surface area (Å²) in [7, 11) is 0. The SMILES string of the molecule is [2H]c1c([2H])c([2H])c(-c2c([2H])c(-c3c([2H])c([2H])c4c([2H])c([2H])c5c([2H])c([2H])c([2H])c6c([2H])c([2H])c3c4c56)c([2H])c(-c3c([2H])c([2H])c4c([2H])c([2H])c5c([2H])c([2H])c([2H])c6c([2H])c([2H])c3c4c56)c2-c2c([2H])c([2H])c3oc4c(cc([2H])c5c([2H])c([2H])c([2H])c([2H])c54)c3c2[2H])c([2H])c1[2H]. The number of hydrogen-bond acceptors (Lipinski definition) is 1. The zero-order valence-electron chi connectivity index (χ0n) is 63.5. The lowest BCUT2D eigenvalue weighted by Crippen LogP contribution is -1.95. The van der Waals surface area contributed by atoms with Gasteiger partial charge in [0, 0.05) is 16.2 Å². The van der Waals surface area contributed by atoms with Crippen LogP contribution in [0, 0.1) is 0 Å². The van der Waals surface area contributed by atoms with Crippen LogP contribution in [0.5, 0.6) is 0 Å². The van der Waals surface area contributed by atoms with Crippen LogP contribution in [-0.4, -0.2) is 0 Å². The van der Waals surface area contributed by atoms with Crippen LogP contribution < -0.4 is 0 Å². The van der Waals surface area contributed by atoms with Crippen LogP contribution >= 0.6 is 0 Å². The van der Waals surface area contributed by atoms with Crippen molar-refractivity contribution < 1.29 is 49.7 Å². The highest BCUT2D eigenvalue weighted by atomic mass is 16.3. The Morgan fingerprint density at radius 3 is 1.56 bits per heavy atom. The zero-order chi connectivity index (χ0) is 68.5. The van der Waals surface area contributed by atoms with E-state index >= 15 is 0 Å². The molecule has 1 aromatic heterocycles. The lowest BCUT2D eigenvalue weighted by Gasteiger charge is -2.22. The van der Waals surface area contributed by atoms with Gasteiger partial charge < -0.3 is 4.42 Å². The normalized spacial score (nSPS) is 19.8. The molecule has 0 bridgehead atoms. The van der Waals surface area contributed by atoms with Gasteiger partial charge in [-0.25, -0.2) is 0 Å². The minimum absolute atomic E-state index is 0.333. The maximum Gasteiger partial charge on any atom is 0.143 e. The van der Waals surface area contributed by atoms with E-state index in [1.807, 2.05) is 0 Å². The van der Waals surface area contributed by atoms with Crippen LogP contribution in [0.4, 0.5) is 0 Å². The van der Waals surface area contributed by atoms with Crippen molar-refractivity contribution in [2.75, 3.05) is 0 Å². The summed E-state index contributed by atoms with van der Waals surface area (Å²) in [6, 6.07) is -30.4. The summed E-state index contributed by atoms with van der Waals surface area (Å²) < 4.78 is 317. The van der Waals surface area contributed by atoms with E-state index in [9.17, 15) is 24.7 Å². The van der Waals surface area contributed by atoms with Crippen molar-refractivity contribution in [3.8, 4) is 44.5 Å². The van der Waals surface area contributed by atoms with Gasteiger partial charge in [-0.1, -0.05) is 175 Å². The summed E-state index contributed by atoms with van der Waals surface area (Å²) in [5.41, 5.74) is -9.18. The Morgan fingerprint density at radius 1 is 0.295 bits per heavy atom. The molecule has 0 unspecified atom stereocenters. The number of benzene rings is 13. The largest absolute Gasteiger partial charge is 0.455 e. The Bertz CT molecular complexity index is 5990. The average molecular weight is 804 g/mol. The maximum atomic E-state index is 10.9. The van der Waals surface area contributed by atoms with E-state index in [0.29, 0.717) is 0 Å². The van der Waals surface area contributed by atoms with Gasteiger partial charge in [-0.15, -0.1) is 0 Å². The smallest absolute Gasteiger partial charge is 0.143 e. The van der Waals surface area contributed by atoms with Crippen LogP contribution in [0.25, 0.3) is 142 Å². The Labute approximate surface area is 397 Å². The summed E-state index contributed by atoms with van der Waals surface area (Å²) in [6.07, 6.45) is 0. The molecule has 14 rings (SSSR count). The van der Waals surface area contributed by atoms with Gasteiger partial charge in [-0.05, 0) is 145 Å². The van der Waals surface area contributed by atoms with E-state index in [4.69, 9.17) is 25.0 Å². The second kappa shape index (κ2) is 12.3. The first kappa shape index (κ1) is 14.6. The third-order valence-corrected chi connectivity index (χ3v) is 10.9. The molecule has 1 nitrogen and oxygen atoms in total. The zero-order valence-corrected chi connectivity index (χ0v) is 30.5. The molecule has 0 amide bonds. The highest BCUT2D eigenvalue weighted by Crippen LogP contribution is 2.49. The molecule has 280 valence electrons. The first-order valence-corrected chi connectivity index (χ1v) is 18.5. The fraction of sp³-hybridized carbons (Fsp3) is 0. The molecule has 0 spiro atoms. The van der Waals surface area contributed by atoms with Crippen molar-refractivity contribution in [1.82, 2.24) is 0 Å². The second-order valence-corrected chi connectivity index (χ2v) is 14.1. The van der Waals surface area contributed by atoms with E-state index in [1.54, 1.807) is 0 Å². The molecule has 0 saturated heterocycles. The quantitative estimate of drug-likeness (QED) is 0.162. The molecule has 14 aromatic rings. The fourth-order valence-electron chi connectivity index (χ4n) is 8.27. The van der Waals surface area contributed by atoms with Gasteiger partial charge in [0.2, 0.25) is 0 Å². The molecule has 0 saturated carbocycles. The van der Waals surface area contributed by atoms with E-state index in [-0.39, 0.29) is 10.8 Å². The molecule has 1 heteroatoms. The summed E-state index contributed by atoms with van der Waals surface area (Å²) in [5, 5.41) is -8.49. The molecular formula is C60H34O. The van der Waals surface area contributed by atoms with Crippen LogP contribution in [0.2, 0.25) is 0 Å². The summed E-state index contributed by atoms with van der Waals surface area (Å²) in [4.78, 5) is 0. The van der Waals surface area contributed by atoms with Gasteiger partial charge >= 0.3 is 0 Å². The maximum absolute atomic E-state index is 10.9. The van der Waals surface area contributed by atoms with Crippen molar-refractivity contribution in [1.29, 1.82) is 0 Å². The molecule has 13 aromatic carbocycles. The van der Waals surface area contributed by atoms with Gasteiger partial charge in [0.15, 0.2) is 0 Å². The van der Waals surface area contributed by atoms with Crippen molar-refractivity contribution >= 4 is 97.3 Å². The molecule has 0 N–H and O–H groups in total. The van der Waals surface area contributed by atoms with Gasteiger partial charge in [0.1, 0.15) is 11.2 Å². The predicted octanol–water partition coefficient (Wildman–Crippen LogP) is 17.2. The van der Waals surface area contributed by atoms with Crippen LogP contribution in [0.3, 0.4) is 0 Å². The van der Waals surface area contributed by atoms with Crippen molar-refractivity contribution in [3.63, 3.8) is 0 Å². The molecule has 0 aliphatic carbocycles. The van der Waals surface area contributed by atoms with E-state index in [0.717, 1.165) is 6.07 Å². The predicted molar refractivity (Wildman–Crippen MR) is 260 cm³/mol. The molecular weight excluding hydrogens is 737 g/mol. The average Bonchev–Trinajstić information content (AvgIpc) is 0.789. The van der Waals surface area contributed by atoms with Gasteiger partial charge in [0.05, 0.1) is 45.2 Å². The number of hydrogen-bond donors (Lipinski definition) is 0. The lowest BCUT2D eigenvalue weighted by molar-refractivity contribution is 0.672. The monoisotopic (exact) mass is 803 g/mol. The minimum atomic E-state index is -1.26. The van der Waals surface area contributed by atoms with Crippen molar-refractivity contribution in [3.05, 3.63) is 205 Å². The Balaban J connectivity index is 1.34. The molecule has 1 heterocycles. The summed E-state index contributed by atoms with van der Waals surface area (Å²) in [5.74, 6) is 0. The third-order valence-electron chi connectivity index (χ3n) is 10.9. The van der Waals surface area contributed by atoms with Crippen LogP contribution in [0.1, 0.15) is 45.2 Å². The van der Waals surface area contributed by atoms with Crippen molar-refractivity contribution in [2.24, 2.45) is 0 Å². The van der Waals surface area contributed by atoms with Gasteiger partial charge in [-0.3, -0.25) is 0 Å². The third kappa shape index (κ3) is 4.66. The van der Waals surface area contributed by atoms with Gasteiger partial charge in [0.25, 0.3) is 0 Å². The number of rotatable bonds is 4. The Kier molecular flexibility index (Phi) is 2.94. The van der Waals surface area contributed by atoms with E-state index in [2.05, 4.69) is 0 Å². The molecule has 0 atom stereocenters. The summed E-state index contributed by atoms with van der Waals surface area (Å²) in [6.45, 7) is 0. The van der Waals surface area contributed by atoms with Crippen molar-refractivity contribution in [2.45, 2.75) is 0 Å². The van der Waals surface area contributed by atoms with E-state index in [1.165, 1.54) is 0 Å². The van der Waals surface area contributed by atoms with E-state index < -0.39 is 330 Å². The summed E-state index contributed by atoms with van der Waals surface area (Å²) >= 11 is 0. The first-order chi connectivity index (χ1) is 44.0. The second-order valence-electron chi connectivity index (χ2n) is 14.1. The molecule has 0 fully saturated rings. The Hall–Kier alpha value is -8.00. The minimum Gasteiger partial charge on any atom is -0.455 e. The highest BCUT2D eigenvalue weighted by Gasteiger charge is 2.23. The molecule has 61 heavy (non-hydrogen) atoms.